The van der Waals surface area contributed by atoms with Crippen molar-refractivity contribution >= 4 is 11.7 Å². The Balaban J connectivity index is 2.82. The van der Waals surface area contributed by atoms with Gasteiger partial charge in [-0.3, -0.25) is 14.9 Å². The summed E-state index contributed by atoms with van der Waals surface area (Å²) in [6.07, 6.45) is 0. The number of benzene rings is 1. The number of hydrogen-bond donors (Lipinski definition) is 2. The van der Waals surface area contributed by atoms with E-state index in [9.17, 15) is 14.9 Å². The quantitative estimate of drug-likeness (QED) is 0.583. The van der Waals surface area contributed by atoms with Crippen LogP contribution in [-0.2, 0) is 11.3 Å². The van der Waals surface area contributed by atoms with Crippen LogP contribution in [0.5, 0.6) is 5.75 Å². The van der Waals surface area contributed by atoms with Crippen LogP contribution >= 0.6 is 0 Å². The highest BCUT2D eigenvalue weighted by molar-refractivity contribution is 5.72. The van der Waals surface area contributed by atoms with Crippen molar-refractivity contribution in [3.8, 4) is 5.75 Å². The highest BCUT2D eigenvalue weighted by Gasteiger charge is 2.16. The van der Waals surface area contributed by atoms with Gasteiger partial charge in [0, 0.05) is 12.6 Å². The number of nitro groups is 1. The third-order valence-electron chi connectivity index (χ3n) is 2.42. The Bertz CT molecular complexity index is 461. The Labute approximate surface area is 104 Å². The molecule has 1 rings (SSSR count). The summed E-state index contributed by atoms with van der Waals surface area (Å²) in [5.74, 6) is -0.798. The van der Waals surface area contributed by atoms with Gasteiger partial charge in [-0.15, -0.1) is 0 Å². The normalized spacial score (nSPS) is 11.9. The third-order valence-corrected chi connectivity index (χ3v) is 2.42. The average Bonchev–Trinajstić information content (AvgIpc) is 2.35. The van der Waals surface area contributed by atoms with Crippen LogP contribution in [0.25, 0.3) is 0 Å². The molecule has 18 heavy (non-hydrogen) atoms. The Morgan fingerprint density at radius 2 is 2.28 bits per heavy atom. The first-order chi connectivity index (χ1) is 8.45. The third kappa shape index (κ3) is 3.42. The lowest BCUT2D eigenvalue weighted by atomic mass is 10.1. The topological polar surface area (TPSA) is 102 Å². The standard InChI is InChI=1S/C11H14N2O5/c1-7(11(14)15)12-6-8-3-4-10(18-2)9(5-8)13(16)17/h3-5,7,12H,6H2,1-2H3,(H,14,15)/t7-/m1/s1. The molecule has 1 atom stereocenters. The van der Waals surface area contributed by atoms with Crippen molar-refractivity contribution in [2.24, 2.45) is 0 Å². The van der Waals surface area contributed by atoms with Gasteiger partial charge in [0.25, 0.3) is 0 Å². The van der Waals surface area contributed by atoms with E-state index in [2.05, 4.69) is 5.32 Å². The number of nitro benzene ring substituents is 1. The van der Waals surface area contributed by atoms with Crippen molar-refractivity contribution in [1.29, 1.82) is 0 Å². The van der Waals surface area contributed by atoms with E-state index in [4.69, 9.17) is 9.84 Å². The van der Waals surface area contributed by atoms with E-state index < -0.39 is 16.9 Å². The summed E-state index contributed by atoms with van der Waals surface area (Å²) in [5, 5.41) is 22.2. The Morgan fingerprint density at radius 3 is 2.78 bits per heavy atom. The number of nitrogens with one attached hydrogen (secondary N) is 1. The molecule has 1 aromatic carbocycles. The van der Waals surface area contributed by atoms with Crippen molar-refractivity contribution < 1.29 is 19.6 Å². The molecule has 98 valence electrons. The van der Waals surface area contributed by atoms with Gasteiger partial charge in [0.2, 0.25) is 0 Å². The monoisotopic (exact) mass is 254 g/mol. The van der Waals surface area contributed by atoms with E-state index in [1.54, 1.807) is 6.07 Å². The van der Waals surface area contributed by atoms with Gasteiger partial charge in [-0.1, -0.05) is 6.07 Å². The van der Waals surface area contributed by atoms with E-state index in [0.717, 1.165) is 0 Å². The fourth-order valence-corrected chi connectivity index (χ4v) is 1.35. The molecule has 0 bridgehead atoms. The number of rotatable bonds is 6. The lowest BCUT2D eigenvalue weighted by Gasteiger charge is -2.09. The molecule has 0 aliphatic heterocycles. The predicted octanol–water partition coefficient (Wildman–Crippen LogP) is 1.17. The summed E-state index contributed by atoms with van der Waals surface area (Å²) in [6.45, 7) is 1.73. The van der Waals surface area contributed by atoms with E-state index in [0.29, 0.717) is 5.56 Å². The summed E-state index contributed by atoms with van der Waals surface area (Å²) in [7, 11) is 1.35. The van der Waals surface area contributed by atoms with Crippen LogP contribution in [0.3, 0.4) is 0 Å². The van der Waals surface area contributed by atoms with E-state index in [1.165, 1.54) is 26.2 Å². The molecular formula is C11H14N2O5. The maximum Gasteiger partial charge on any atom is 0.320 e. The summed E-state index contributed by atoms with van der Waals surface area (Å²) < 4.78 is 4.87. The molecule has 0 amide bonds. The van der Waals surface area contributed by atoms with E-state index >= 15 is 0 Å². The van der Waals surface area contributed by atoms with Gasteiger partial charge >= 0.3 is 11.7 Å². The molecule has 0 fully saturated rings. The molecule has 0 aromatic heterocycles. The van der Waals surface area contributed by atoms with Crippen LogP contribution in [-0.4, -0.2) is 29.2 Å². The molecule has 7 nitrogen and oxygen atoms in total. The second-order valence-electron chi connectivity index (χ2n) is 3.70. The number of aliphatic carboxylic acids is 1. The molecule has 0 heterocycles. The van der Waals surface area contributed by atoms with Gasteiger partial charge in [-0.05, 0) is 18.6 Å². The zero-order chi connectivity index (χ0) is 13.7. The number of nitrogens with zero attached hydrogens (tertiary/aromatic N) is 1. The summed E-state index contributed by atoms with van der Waals surface area (Å²) in [5.41, 5.74) is 0.482. The molecule has 0 radical (unpaired) electrons. The number of ether oxygens (including phenoxy) is 1. The smallest absolute Gasteiger partial charge is 0.320 e. The predicted molar refractivity (Wildman–Crippen MR) is 63.6 cm³/mol. The molecular weight excluding hydrogens is 240 g/mol. The Morgan fingerprint density at radius 1 is 1.61 bits per heavy atom. The molecule has 0 unspecified atom stereocenters. The lowest BCUT2D eigenvalue weighted by Crippen LogP contribution is -2.33. The maximum atomic E-state index is 10.8. The number of carbonyl (C=O) groups is 1. The van der Waals surface area contributed by atoms with Crippen LogP contribution in [0.4, 0.5) is 5.69 Å². The van der Waals surface area contributed by atoms with E-state index in [-0.39, 0.29) is 18.0 Å². The average molecular weight is 254 g/mol. The largest absolute Gasteiger partial charge is 0.490 e. The second-order valence-corrected chi connectivity index (χ2v) is 3.70. The summed E-state index contributed by atoms with van der Waals surface area (Å²) in [4.78, 5) is 20.9. The second kappa shape index (κ2) is 5.97. The van der Waals surface area contributed by atoms with Gasteiger partial charge in [0.1, 0.15) is 6.04 Å². The fraction of sp³-hybridized carbons (Fsp3) is 0.364. The molecule has 0 aliphatic carbocycles. The van der Waals surface area contributed by atoms with Crippen LogP contribution in [0, 0.1) is 10.1 Å². The first-order valence-corrected chi connectivity index (χ1v) is 5.23. The zero-order valence-corrected chi connectivity index (χ0v) is 10.0. The van der Waals surface area contributed by atoms with Crippen LogP contribution in [0.15, 0.2) is 18.2 Å². The van der Waals surface area contributed by atoms with Crippen molar-refractivity contribution in [2.45, 2.75) is 19.5 Å². The number of methoxy groups -OCH3 is 1. The van der Waals surface area contributed by atoms with Gasteiger partial charge in [-0.25, -0.2) is 0 Å². The minimum absolute atomic E-state index is 0.139. The molecule has 0 spiro atoms. The molecule has 0 saturated heterocycles. The molecule has 0 aliphatic rings. The van der Waals surface area contributed by atoms with Crippen molar-refractivity contribution in [3.63, 3.8) is 0 Å². The number of carboxylic acid groups (broad SMARTS) is 1. The first-order valence-electron chi connectivity index (χ1n) is 5.23. The summed E-state index contributed by atoms with van der Waals surface area (Å²) >= 11 is 0. The highest BCUT2D eigenvalue weighted by Crippen LogP contribution is 2.27. The van der Waals surface area contributed by atoms with Gasteiger partial charge in [0.05, 0.1) is 12.0 Å². The number of carboxylic acids is 1. The van der Waals surface area contributed by atoms with Crippen LogP contribution in [0.1, 0.15) is 12.5 Å². The van der Waals surface area contributed by atoms with Gasteiger partial charge < -0.3 is 15.2 Å². The number of hydrogen-bond acceptors (Lipinski definition) is 5. The van der Waals surface area contributed by atoms with Crippen molar-refractivity contribution in [3.05, 3.63) is 33.9 Å². The van der Waals surface area contributed by atoms with Gasteiger partial charge in [-0.2, -0.15) is 0 Å². The fourth-order valence-electron chi connectivity index (χ4n) is 1.35. The SMILES string of the molecule is COc1ccc(CN[C@H](C)C(=O)O)cc1[N+](=O)[O-]. The molecule has 0 saturated carbocycles. The Kier molecular flexibility index (Phi) is 4.61. The van der Waals surface area contributed by atoms with Crippen LogP contribution in [0.2, 0.25) is 0 Å². The first kappa shape index (κ1) is 13.9. The minimum atomic E-state index is -0.974. The lowest BCUT2D eigenvalue weighted by molar-refractivity contribution is -0.385. The van der Waals surface area contributed by atoms with Crippen molar-refractivity contribution in [1.82, 2.24) is 5.32 Å². The molecule has 1 aromatic rings. The Hall–Kier alpha value is -2.15. The van der Waals surface area contributed by atoms with Gasteiger partial charge in [0.15, 0.2) is 5.75 Å². The van der Waals surface area contributed by atoms with E-state index in [1.807, 2.05) is 0 Å². The minimum Gasteiger partial charge on any atom is -0.490 e. The highest BCUT2D eigenvalue weighted by atomic mass is 16.6. The zero-order valence-electron chi connectivity index (χ0n) is 10.0. The summed E-state index contributed by atoms with van der Waals surface area (Å²) in [6, 6.07) is 3.78. The molecule has 7 heteroatoms. The maximum absolute atomic E-state index is 10.8. The van der Waals surface area contributed by atoms with Crippen LogP contribution < -0.4 is 10.1 Å². The molecule has 2 N–H and O–H groups in total. The van der Waals surface area contributed by atoms with Crippen molar-refractivity contribution in [2.75, 3.05) is 7.11 Å².